The van der Waals surface area contributed by atoms with Crippen LogP contribution in [0.2, 0.25) is 0 Å². The summed E-state index contributed by atoms with van der Waals surface area (Å²) in [5.74, 6) is -2.40. The number of amides is 3. The molecule has 0 saturated heterocycles. The number of carboxylic acid groups (broad SMARTS) is 1. The van der Waals surface area contributed by atoms with E-state index in [1.807, 2.05) is 6.92 Å². The third-order valence-corrected chi connectivity index (χ3v) is 4.21. The molecule has 3 amide bonds. The van der Waals surface area contributed by atoms with Gasteiger partial charge in [0, 0.05) is 19.2 Å². The first kappa shape index (κ1) is 17.7. The molecule has 0 bridgehead atoms. The van der Waals surface area contributed by atoms with Gasteiger partial charge in [0.2, 0.25) is 0 Å². The Morgan fingerprint density at radius 2 is 1.83 bits per heavy atom. The number of carboxylic acids is 1. The van der Waals surface area contributed by atoms with Gasteiger partial charge in [0.15, 0.2) is 0 Å². The molecule has 0 aromatic heterocycles. The molecule has 0 aliphatic carbocycles. The summed E-state index contributed by atoms with van der Waals surface area (Å²) in [7, 11) is 1.38. The Hall–Kier alpha value is -2.70. The van der Waals surface area contributed by atoms with Gasteiger partial charge in [0.1, 0.15) is 6.04 Å². The molecule has 7 nitrogen and oxygen atoms in total. The molecule has 0 spiro atoms. The number of likely N-dealkylation sites (N-methyl/N-ethyl adjacent to an activating group) is 1. The lowest BCUT2D eigenvalue weighted by molar-refractivity contribution is -0.141. The van der Waals surface area contributed by atoms with Crippen LogP contribution in [0.3, 0.4) is 0 Å². The van der Waals surface area contributed by atoms with Crippen LogP contribution in [0.5, 0.6) is 0 Å². The smallest absolute Gasteiger partial charge is 0.326 e. The number of nitrogens with zero attached hydrogens (tertiary/aromatic N) is 2. The molecule has 0 radical (unpaired) electrons. The molecule has 7 heteroatoms. The Morgan fingerprint density at radius 1 is 1.21 bits per heavy atom. The fourth-order valence-corrected chi connectivity index (χ4v) is 2.49. The van der Waals surface area contributed by atoms with Crippen LogP contribution >= 0.6 is 0 Å². The largest absolute Gasteiger partial charge is 0.480 e. The Morgan fingerprint density at radius 3 is 2.42 bits per heavy atom. The van der Waals surface area contributed by atoms with Crippen molar-refractivity contribution in [3.63, 3.8) is 0 Å². The molecule has 1 aliphatic heterocycles. The summed E-state index contributed by atoms with van der Waals surface area (Å²) in [5, 5.41) is 9.00. The zero-order valence-corrected chi connectivity index (χ0v) is 13.9. The Bertz CT molecular complexity index is 713. The highest BCUT2D eigenvalue weighted by molar-refractivity contribution is 6.22. The third-order valence-electron chi connectivity index (χ3n) is 4.21. The van der Waals surface area contributed by atoms with E-state index in [1.54, 1.807) is 0 Å². The summed E-state index contributed by atoms with van der Waals surface area (Å²) < 4.78 is 0. The number of unbranched alkanes of at least 4 members (excludes halogenated alkanes) is 1. The van der Waals surface area contributed by atoms with Crippen LogP contribution in [0.15, 0.2) is 18.2 Å². The Labute approximate surface area is 139 Å². The van der Waals surface area contributed by atoms with Gasteiger partial charge >= 0.3 is 5.97 Å². The lowest BCUT2D eigenvalue weighted by atomic mass is 10.0. The minimum Gasteiger partial charge on any atom is -0.480 e. The van der Waals surface area contributed by atoms with Crippen molar-refractivity contribution in [2.75, 3.05) is 13.6 Å². The van der Waals surface area contributed by atoms with E-state index in [1.165, 1.54) is 37.1 Å². The van der Waals surface area contributed by atoms with E-state index in [0.29, 0.717) is 6.54 Å². The number of hydrogen-bond acceptors (Lipinski definition) is 4. The summed E-state index contributed by atoms with van der Waals surface area (Å²) in [6, 6.07) is 3.27. The molecule has 1 N–H and O–H groups in total. The lowest BCUT2D eigenvalue weighted by Crippen LogP contribution is -2.40. The zero-order chi connectivity index (χ0) is 18.0. The van der Waals surface area contributed by atoms with E-state index in [9.17, 15) is 19.2 Å². The fraction of sp³-hybridized carbons (Fsp3) is 0.412. The van der Waals surface area contributed by atoms with E-state index in [-0.39, 0.29) is 22.6 Å². The van der Waals surface area contributed by atoms with Gasteiger partial charge in [-0.05, 0) is 31.5 Å². The summed E-state index contributed by atoms with van der Waals surface area (Å²) in [6.45, 7) is 3.71. The number of fused-ring (bicyclic) bond motifs is 1. The number of hydrogen-bond donors (Lipinski definition) is 1. The van der Waals surface area contributed by atoms with Crippen molar-refractivity contribution in [2.45, 2.75) is 32.7 Å². The third kappa shape index (κ3) is 3.02. The van der Waals surface area contributed by atoms with Crippen molar-refractivity contribution in [1.82, 2.24) is 9.80 Å². The first-order valence-electron chi connectivity index (χ1n) is 7.79. The van der Waals surface area contributed by atoms with Gasteiger partial charge < -0.3 is 10.0 Å². The molecule has 0 fully saturated rings. The lowest BCUT2D eigenvalue weighted by Gasteiger charge is -2.21. The van der Waals surface area contributed by atoms with Crippen molar-refractivity contribution in [2.24, 2.45) is 0 Å². The second-order valence-electron chi connectivity index (χ2n) is 5.81. The minimum atomic E-state index is -1.12. The number of carbonyl (C=O) groups excluding carboxylic acids is 3. The van der Waals surface area contributed by atoms with Crippen LogP contribution in [0, 0.1) is 0 Å². The van der Waals surface area contributed by atoms with E-state index in [2.05, 4.69) is 0 Å². The fourth-order valence-electron chi connectivity index (χ4n) is 2.49. The maximum atomic E-state index is 12.4. The van der Waals surface area contributed by atoms with Crippen molar-refractivity contribution in [3.8, 4) is 0 Å². The number of benzene rings is 1. The maximum absolute atomic E-state index is 12.4. The molecule has 1 aromatic rings. The number of aliphatic carboxylic acids is 1. The van der Waals surface area contributed by atoms with E-state index in [0.717, 1.165) is 17.7 Å². The van der Waals surface area contributed by atoms with Crippen molar-refractivity contribution in [1.29, 1.82) is 0 Å². The summed E-state index contributed by atoms with van der Waals surface area (Å²) in [5.41, 5.74) is 0.655. The van der Waals surface area contributed by atoms with Gasteiger partial charge in [-0.25, -0.2) is 4.79 Å². The van der Waals surface area contributed by atoms with Crippen LogP contribution in [0.1, 0.15) is 57.8 Å². The standard InChI is InChI=1S/C17H20N2O5/c1-4-5-8-19-15(21)12-7-6-11(9-13(12)16(19)22)14(20)18(3)10(2)17(23)24/h6-7,9-10H,4-5,8H2,1-3H3,(H,23,24). The molecule has 2 rings (SSSR count). The topological polar surface area (TPSA) is 95.0 Å². The summed E-state index contributed by atoms with van der Waals surface area (Å²) >= 11 is 0. The van der Waals surface area contributed by atoms with Gasteiger partial charge in [-0.3, -0.25) is 19.3 Å². The molecule has 1 aromatic carbocycles. The molecule has 1 atom stereocenters. The van der Waals surface area contributed by atoms with Gasteiger partial charge in [-0.1, -0.05) is 13.3 Å². The van der Waals surface area contributed by atoms with Gasteiger partial charge in [-0.2, -0.15) is 0 Å². The molecule has 1 unspecified atom stereocenters. The second kappa shape index (κ2) is 6.82. The predicted molar refractivity (Wildman–Crippen MR) is 85.9 cm³/mol. The number of carbonyl (C=O) groups is 4. The van der Waals surface area contributed by atoms with Crippen LogP contribution in [-0.2, 0) is 4.79 Å². The van der Waals surface area contributed by atoms with Gasteiger partial charge in [0.25, 0.3) is 17.7 Å². The number of imide groups is 1. The van der Waals surface area contributed by atoms with Crippen LogP contribution in [0.4, 0.5) is 0 Å². The zero-order valence-electron chi connectivity index (χ0n) is 13.9. The quantitative estimate of drug-likeness (QED) is 0.799. The van der Waals surface area contributed by atoms with Crippen LogP contribution in [-0.4, -0.2) is 58.2 Å². The van der Waals surface area contributed by atoms with Crippen molar-refractivity contribution in [3.05, 3.63) is 34.9 Å². The number of rotatable bonds is 6. The highest BCUT2D eigenvalue weighted by atomic mass is 16.4. The van der Waals surface area contributed by atoms with Crippen molar-refractivity contribution >= 4 is 23.7 Å². The van der Waals surface area contributed by atoms with Crippen LogP contribution in [0.25, 0.3) is 0 Å². The maximum Gasteiger partial charge on any atom is 0.326 e. The summed E-state index contributed by atoms with van der Waals surface area (Å²) in [4.78, 5) is 50.3. The average molecular weight is 332 g/mol. The van der Waals surface area contributed by atoms with Crippen molar-refractivity contribution < 1.29 is 24.3 Å². The molecular formula is C17H20N2O5. The average Bonchev–Trinajstić information content (AvgIpc) is 2.81. The highest BCUT2D eigenvalue weighted by Gasteiger charge is 2.36. The first-order valence-corrected chi connectivity index (χ1v) is 7.79. The first-order chi connectivity index (χ1) is 11.3. The SMILES string of the molecule is CCCCN1C(=O)c2ccc(C(=O)N(C)C(C)C(=O)O)cc2C1=O. The summed E-state index contributed by atoms with van der Waals surface area (Å²) in [6.07, 6.45) is 1.57. The minimum absolute atomic E-state index is 0.183. The van der Waals surface area contributed by atoms with E-state index in [4.69, 9.17) is 5.11 Å². The predicted octanol–water partition coefficient (Wildman–Crippen LogP) is 1.63. The van der Waals surface area contributed by atoms with Gasteiger partial charge in [-0.15, -0.1) is 0 Å². The molecule has 0 saturated carbocycles. The van der Waals surface area contributed by atoms with E-state index >= 15 is 0 Å². The molecule has 1 heterocycles. The molecule has 1 aliphatic rings. The molecular weight excluding hydrogens is 312 g/mol. The molecule has 24 heavy (non-hydrogen) atoms. The highest BCUT2D eigenvalue weighted by Crippen LogP contribution is 2.25. The normalized spacial score (nSPS) is 14.5. The second-order valence-corrected chi connectivity index (χ2v) is 5.81. The van der Waals surface area contributed by atoms with Crippen LogP contribution < -0.4 is 0 Å². The molecule has 128 valence electrons. The Balaban J connectivity index is 2.29. The van der Waals surface area contributed by atoms with E-state index < -0.39 is 23.8 Å². The van der Waals surface area contributed by atoms with Gasteiger partial charge in [0.05, 0.1) is 11.1 Å². The Kier molecular flexibility index (Phi) is 5.02. The monoisotopic (exact) mass is 332 g/mol.